The standard InChI is InChI=1S/C15H15IN2O3/c16-10-2-4-11(5-3-10)18-15(21)12(17)7-9-1-6-13(19)14(20)8-9/h1-6,8,12,19-20H,7,17H2,(H,18,21)/t12-/m0/s1. The predicted octanol–water partition coefficient (Wildman–Crippen LogP) is 2.21. The first kappa shape index (κ1) is 15.6. The Morgan fingerprint density at radius 2 is 1.81 bits per heavy atom. The molecule has 0 radical (unpaired) electrons. The lowest BCUT2D eigenvalue weighted by molar-refractivity contribution is -0.117. The van der Waals surface area contributed by atoms with Gasteiger partial charge in [-0.1, -0.05) is 6.07 Å². The Labute approximate surface area is 135 Å². The molecule has 1 amide bonds. The van der Waals surface area contributed by atoms with E-state index in [4.69, 9.17) is 5.73 Å². The minimum atomic E-state index is -0.742. The lowest BCUT2D eigenvalue weighted by atomic mass is 10.1. The van der Waals surface area contributed by atoms with Crippen molar-refractivity contribution in [3.05, 3.63) is 51.6 Å². The first-order chi connectivity index (χ1) is 9.95. The number of nitrogens with two attached hydrogens (primary N) is 1. The van der Waals surface area contributed by atoms with Crippen molar-refractivity contribution < 1.29 is 15.0 Å². The number of rotatable bonds is 4. The van der Waals surface area contributed by atoms with Crippen LogP contribution in [0.15, 0.2) is 42.5 Å². The molecule has 21 heavy (non-hydrogen) atoms. The number of aromatic hydroxyl groups is 2. The summed E-state index contributed by atoms with van der Waals surface area (Å²) in [6.07, 6.45) is 0.268. The average molecular weight is 398 g/mol. The van der Waals surface area contributed by atoms with Gasteiger partial charge in [0.2, 0.25) is 5.91 Å². The molecule has 1 atom stereocenters. The van der Waals surface area contributed by atoms with Crippen LogP contribution in [0.1, 0.15) is 5.56 Å². The second kappa shape index (κ2) is 6.77. The normalized spacial score (nSPS) is 11.9. The predicted molar refractivity (Wildman–Crippen MR) is 89.2 cm³/mol. The molecule has 6 heteroatoms. The molecule has 0 saturated carbocycles. The van der Waals surface area contributed by atoms with E-state index in [9.17, 15) is 15.0 Å². The van der Waals surface area contributed by atoms with Gasteiger partial charge in [-0.25, -0.2) is 0 Å². The number of carbonyl (C=O) groups excluding carboxylic acids is 1. The summed E-state index contributed by atoms with van der Waals surface area (Å²) >= 11 is 2.18. The number of phenolic OH excluding ortho intramolecular Hbond substituents is 2. The number of nitrogens with one attached hydrogen (secondary N) is 1. The second-order valence-electron chi connectivity index (χ2n) is 4.63. The van der Waals surface area contributed by atoms with Gasteiger partial charge in [0.15, 0.2) is 11.5 Å². The maximum absolute atomic E-state index is 12.0. The molecule has 5 nitrogen and oxygen atoms in total. The van der Waals surface area contributed by atoms with Crippen LogP contribution in [0, 0.1) is 3.57 Å². The van der Waals surface area contributed by atoms with Crippen molar-refractivity contribution in [2.75, 3.05) is 5.32 Å². The Morgan fingerprint density at radius 1 is 1.14 bits per heavy atom. The van der Waals surface area contributed by atoms with Crippen molar-refractivity contribution >= 4 is 34.2 Å². The monoisotopic (exact) mass is 398 g/mol. The summed E-state index contributed by atoms with van der Waals surface area (Å²) in [5, 5.41) is 21.4. The molecular weight excluding hydrogens is 383 g/mol. The number of hydrogen-bond donors (Lipinski definition) is 4. The molecule has 0 spiro atoms. The first-order valence-corrected chi connectivity index (χ1v) is 7.36. The van der Waals surface area contributed by atoms with Gasteiger partial charge in [0, 0.05) is 9.26 Å². The fourth-order valence-corrected chi connectivity index (χ4v) is 2.17. The van der Waals surface area contributed by atoms with E-state index in [1.165, 1.54) is 12.1 Å². The SMILES string of the molecule is N[C@@H](Cc1ccc(O)c(O)c1)C(=O)Nc1ccc(I)cc1. The number of halogens is 1. The van der Waals surface area contributed by atoms with Crippen molar-refractivity contribution in [3.8, 4) is 11.5 Å². The highest BCUT2D eigenvalue weighted by molar-refractivity contribution is 14.1. The van der Waals surface area contributed by atoms with Gasteiger partial charge >= 0.3 is 0 Å². The fraction of sp³-hybridized carbons (Fsp3) is 0.133. The zero-order chi connectivity index (χ0) is 15.4. The van der Waals surface area contributed by atoms with Crippen LogP contribution in [0.5, 0.6) is 11.5 Å². The Hall–Kier alpha value is -1.80. The first-order valence-electron chi connectivity index (χ1n) is 6.28. The summed E-state index contributed by atoms with van der Waals surface area (Å²) in [7, 11) is 0. The van der Waals surface area contributed by atoms with Crippen LogP contribution in [0.2, 0.25) is 0 Å². The van der Waals surface area contributed by atoms with Crippen LogP contribution in [0.3, 0.4) is 0 Å². The van der Waals surface area contributed by atoms with Crippen LogP contribution in [0.25, 0.3) is 0 Å². The molecule has 0 fully saturated rings. The number of anilines is 1. The summed E-state index contributed by atoms with van der Waals surface area (Å²) in [6.45, 7) is 0. The topological polar surface area (TPSA) is 95.6 Å². The molecule has 2 rings (SSSR count). The van der Waals surface area contributed by atoms with E-state index in [1.807, 2.05) is 12.1 Å². The number of amides is 1. The zero-order valence-electron chi connectivity index (χ0n) is 11.1. The third-order valence-corrected chi connectivity index (χ3v) is 3.66. The molecule has 0 saturated heterocycles. The minimum absolute atomic E-state index is 0.198. The Bertz CT molecular complexity index is 644. The van der Waals surface area contributed by atoms with Gasteiger partial charge in [0.1, 0.15) is 0 Å². The van der Waals surface area contributed by atoms with E-state index in [0.717, 1.165) is 3.57 Å². The number of phenols is 2. The Balaban J connectivity index is 1.98. The highest BCUT2D eigenvalue weighted by atomic mass is 127. The molecular formula is C15H15IN2O3. The summed E-state index contributed by atoms with van der Waals surface area (Å²) in [4.78, 5) is 12.0. The van der Waals surface area contributed by atoms with Crippen LogP contribution in [-0.4, -0.2) is 22.2 Å². The summed E-state index contributed by atoms with van der Waals surface area (Å²) in [6, 6.07) is 11.0. The molecule has 0 heterocycles. The summed E-state index contributed by atoms with van der Waals surface area (Å²) in [5.74, 6) is -0.725. The van der Waals surface area contributed by atoms with Gasteiger partial charge in [-0.15, -0.1) is 0 Å². The van der Waals surface area contributed by atoms with Gasteiger partial charge in [0.25, 0.3) is 0 Å². The quantitative estimate of drug-likeness (QED) is 0.469. The van der Waals surface area contributed by atoms with E-state index in [2.05, 4.69) is 27.9 Å². The van der Waals surface area contributed by atoms with Gasteiger partial charge in [-0.3, -0.25) is 4.79 Å². The van der Waals surface area contributed by atoms with Gasteiger partial charge in [-0.2, -0.15) is 0 Å². The van der Waals surface area contributed by atoms with Crippen molar-refractivity contribution in [3.63, 3.8) is 0 Å². The number of carbonyl (C=O) groups is 1. The highest BCUT2D eigenvalue weighted by Gasteiger charge is 2.15. The maximum atomic E-state index is 12.0. The Kier molecular flexibility index (Phi) is 5.03. The lowest BCUT2D eigenvalue weighted by Gasteiger charge is -2.13. The lowest BCUT2D eigenvalue weighted by Crippen LogP contribution is -2.37. The number of benzene rings is 2. The van der Waals surface area contributed by atoms with Crippen molar-refractivity contribution in [2.24, 2.45) is 5.73 Å². The zero-order valence-corrected chi connectivity index (χ0v) is 13.2. The van der Waals surface area contributed by atoms with Crippen LogP contribution in [-0.2, 0) is 11.2 Å². The second-order valence-corrected chi connectivity index (χ2v) is 5.88. The Morgan fingerprint density at radius 3 is 2.43 bits per heavy atom. The van der Waals surface area contributed by atoms with Gasteiger partial charge in [-0.05, 0) is 71.0 Å². The average Bonchev–Trinajstić information content (AvgIpc) is 2.45. The molecule has 0 aliphatic rings. The van der Waals surface area contributed by atoms with Crippen LogP contribution >= 0.6 is 22.6 Å². The fourth-order valence-electron chi connectivity index (χ4n) is 1.81. The van der Waals surface area contributed by atoms with Crippen LogP contribution < -0.4 is 11.1 Å². The van der Waals surface area contributed by atoms with E-state index in [-0.39, 0.29) is 23.8 Å². The third kappa shape index (κ3) is 4.33. The largest absolute Gasteiger partial charge is 0.504 e. The summed E-state index contributed by atoms with van der Waals surface area (Å²) in [5.41, 5.74) is 7.22. The third-order valence-electron chi connectivity index (χ3n) is 2.94. The van der Waals surface area contributed by atoms with E-state index >= 15 is 0 Å². The molecule has 110 valence electrons. The highest BCUT2D eigenvalue weighted by Crippen LogP contribution is 2.25. The molecule has 0 aliphatic heterocycles. The molecule has 5 N–H and O–H groups in total. The van der Waals surface area contributed by atoms with E-state index < -0.39 is 6.04 Å². The molecule has 0 unspecified atom stereocenters. The van der Waals surface area contributed by atoms with Gasteiger partial charge < -0.3 is 21.3 Å². The molecule has 2 aromatic carbocycles. The minimum Gasteiger partial charge on any atom is -0.504 e. The van der Waals surface area contributed by atoms with Gasteiger partial charge in [0.05, 0.1) is 6.04 Å². The molecule has 2 aromatic rings. The smallest absolute Gasteiger partial charge is 0.241 e. The molecule has 0 aliphatic carbocycles. The molecule has 0 bridgehead atoms. The van der Waals surface area contributed by atoms with Crippen molar-refractivity contribution in [1.82, 2.24) is 0 Å². The van der Waals surface area contributed by atoms with Crippen molar-refractivity contribution in [2.45, 2.75) is 12.5 Å². The van der Waals surface area contributed by atoms with Crippen LogP contribution in [0.4, 0.5) is 5.69 Å². The van der Waals surface area contributed by atoms with E-state index in [1.54, 1.807) is 18.2 Å². The molecule has 0 aromatic heterocycles. The van der Waals surface area contributed by atoms with E-state index in [0.29, 0.717) is 11.3 Å². The maximum Gasteiger partial charge on any atom is 0.241 e. The number of hydrogen-bond acceptors (Lipinski definition) is 4. The van der Waals surface area contributed by atoms with Crippen molar-refractivity contribution in [1.29, 1.82) is 0 Å². The summed E-state index contributed by atoms with van der Waals surface area (Å²) < 4.78 is 1.08.